The van der Waals surface area contributed by atoms with Gasteiger partial charge in [-0.15, -0.1) is 0 Å². The molecule has 3 heterocycles. The van der Waals surface area contributed by atoms with E-state index >= 15 is 0 Å². The van der Waals surface area contributed by atoms with E-state index in [1.807, 2.05) is 37.6 Å². The molecule has 0 spiro atoms. The normalized spacial score (nSPS) is 14.1. The van der Waals surface area contributed by atoms with Crippen LogP contribution in [0.4, 0.5) is 4.39 Å². The zero-order chi connectivity index (χ0) is 18.8. The molecule has 0 bridgehead atoms. The van der Waals surface area contributed by atoms with Crippen molar-refractivity contribution in [2.75, 3.05) is 6.54 Å². The Balaban J connectivity index is 1.36. The van der Waals surface area contributed by atoms with Crippen LogP contribution in [-0.2, 0) is 33.2 Å². The van der Waals surface area contributed by atoms with Gasteiger partial charge in [-0.2, -0.15) is 0 Å². The van der Waals surface area contributed by atoms with Gasteiger partial charge in [-0.3, -0.25) is 9.69 Å². The maximum absolute atomic E-state index is 13.0. The summed E-state index contributed by atoms with van der Waals surface area (Å²) in [6.07, 6.45) is 3.86. The average molecular weight is 367 g/mol. The fraction of sp³-hybridized carbons (Fsp3) is 0.300. The molecule has 0 fully saturated rings. The predicted octanol–water partition coefficient (Wildman–Crippen LogP) is 2.31. The van der Waals surface area contributed by atoms with Crippen LogP contribution >= 0.6 is 0 Å². The van der Waals surface area contributed by atoms with Gasteiger partial charge in [0.05, 0.1) is 18.8 Å². The van der Waals surface area contributed by atoms with Crippen LogP contribution in [0.2, 0.25) is 0 Å². The zero-order valence-electron chi connectivity index (χ0n) is 15.2. The van der Waals surface area contributed by atoms with E-state index in [4.69, 9.17) is 0 Å². The van der Waals surface area contributed by atoms with Gasteiger partial charge in [-0.05, 0) is 29.8 Å². The number of carbonyl (C=O) groups excluding carboxylic acids is 1. The summed E-state index contributed by atoms with van der Waals surface area (Å²) in [5, 5.41) is 2.92. The van der Waals surface area contributed by atoms with Crippen molar-refractivity contribution in [1.82, 2.24) is 24.3 Å². The molecule has 1 aromatic carbocycles. The molecule has 140 valence electrons. The summed E-state index contributed by atoms with van der Waals surface area (Å²) in [5.74, 6) is 0.674. The number of aromatic nitrogens is 3. The van der Waals surface area contributed by atoms with Crippen molar-refractivity contribution < 1.29 is 9.18 Å². The minimum atomic E-state index is -0.213. The first-order valence-corrected chi connectivity index (χ1v) is 9.00. The van der Waals surface area contributed by atoms with Crippen molar-refractivity contribution in [3.05, 3.63) is 77.4 Å². The number of nitrogens with zero attached hydrogens (tertiary/aromatic N) is 4. The summed E-state index contributed by atoms with van der Waals surface area (Å²) >= 11 is 0. The van der Waals surface area contributed by atoms with E-state index in [0.29, 0.717) is 12.2 Å². The SMILES string of the molecule is Cn1cccc1C(=O)NCc1cn2c(n1)CN(Cc1ccc(F)cc1)CC2. The molecule has 1 N–H and O–H groups in total. The highest BCUT2D eigenvalue weighted by molar-refractivity contribution is 5.92. The third-order valence-corrected chi connectivity index (χ3v) is 4.86. The van der Waals surface area contributed by atoms with E-state index < -0.39 is 0 Å². The van der Waals surface area contributed by atoms with Crippen LogP contribution in [0.15, 0.2) is 48.8 Å². The number of benzene rings is 1. The van der Waals surface area contributed by atoms with Crippen LogP contribution in [-0.4, -0.2) is 31.5 Å². The molecule has 0 atom stereocenters. The second kappa shape index (κ2) is 7.36. The van der Waals surface area contributed by atoms with E-state index in [2.05, 4.69) is 19.8 Å². The molecule has 7 heteroatoms. The van der Waals surface area contributed by atoms with Crippen molar-refractivity contribution in [2.45, 2.75) is 26.2 Å². The van der Waals surface area contributed by atoms with Crippen molar-refractivity contribution in [3.8, 4) is 0 Å². The molecule has 27 heavy (non-hydrogen) atoms. The van der Waals surface area contributed by atoms with Crippen molar-refractivity contribution in [1.29, 1.82) is 0 Å². The largest absolute Gasteiger partial charge is 0.347 e. The third-order valence-electron chi connectivity index (χ3n) is 4.86. The monoisotopic (exact) mass is 367 g/mol. The standard InChI is InChI=1S/C20H22FN5O/c1-24-8-2-3-18(24)20(27)22-11-17-13-26-10-9-25(14-19(26)23-17)12-15-4-6-16(21)7-5-15/h2-8,13H,9-12,14H2,1H3,(H,22,27). The highest BCUT2D eigenvalue weighted by Crippen LogP contribution is 2.16. The van der Waals surface area contributed by atoms with E-state index in [1.165, 1.54) is 12.1 Å². The molecule has 0 unspecified atom stereocenters. The number of fused-ring (bicyclic) bond motifs is 1. The summed E-state index contributed by atoms with van der Waals surface area (Å²) in [7, 11) is 1.85. The Hall–Kier alpha value is -2.93. The summed E-state index contributed by atoms with van der Waals surface area (Å²) in [6.45, 7) is 3.68. The van der Waals surface area contributed by atoms with Gasteiger partial charge in [-0.25, -0.2) is 9.37 Å². The lowest BCUT2D eigenvalue weighted by atomic mass is 10.2. The van der Waals surface area contributed by atoms with Gasteiger partial charge in [-0.1, -0.05) is 12.1 Å². The number of hydrogen-bond donors (Lipinski definition) is 1. The van der Waals surface area contributed by atoms with Crippen LogP contribution in [0.25, 0.3) is 0 Å². The number of rotatable bonds is 5. The van der Waals surface area contributed by atoms with Gasteiger partial charge >= 0.3 is 0 Å². The maximum Gasteiger partial charge on any atom is 0.268 e. The lowest BCUT2D eigenvalue weighted by Gasteiger charge is -2.27. The molecule has 1 aliphatic rings. The van der Waals surface area contributed by atoms with E-state index in [1.54, 1.807) is 10.6 Å². The average Bonchev–Trinajstić information content (AvgIpc) is 3.27. The number of hydrogen-bond acceptors (Lipinski definition) is 3. The Morgan fingerprint density at radius 3 is 2.78 bits per heavy atom. The quantitative estimate of drug-likeness (QED) is 0.753. The second-order valence-corrected chi connectivity index (χ2v) is 6.87. The molecule has 1 aliphatic heterocycles. The number of nitrogens with one attached hydrogen (secondary N) is 1. The molecule has 1 amide bonds. The van der Waals surface area contributed by atoms with E-state index in [-0.39, 0.29) is 11.7 Å². The third kappa shape index (κ3) is 3.93. The van der Waals surface area contributed by atoms with Crippen molar-refractivity contribution >= 4 is 5.91 Å². The first-order valence-electron chi connectivity index (χ1n) is 9.00. The van der Waals surface area contributed by atoms with E-state index in [9.17, 15) is 9.18 Å². The van der Waals surface area contributed by atoms with Crippen LogP contribution in [0, 0.1) is 5.82 Å². The molecule has 3 aromatic rings. The molecule has 6 nitrogen and oxygen atoms in total. The van der Waals surface area contributed by atoms with Gasteiger partial charge in [0.15, 0.2) is 0 Å². The first-order chi connectivity index (χ1) is 13.1. The van der Waals surface area contributed by atoms with Gasteiger partial charge < -0.3 is 14.5 Å². The molecule has 0 radical (unpaired) electrons. The number of carbonyl (C=O) groups is 1. The topological polar surface area (TPSA) is 55.1 Å². The fourth-order valence-electron chi connectivity index (χ4n) is 3.39. The van der Waals surface area contributed by atoms with Gasteiger partial charge in [0.1, 0.15) is 17.3 Å². The number of aryl methyl sites for hydroxylation is 1. The van der Waals surface area contributed by atoms with Crippen LogP contribution < -0.4 is 5.32 Å². The molecule has 0 aliphatic carbocycles. The summed E-state index contributed by atoms with van der Waals surface area (Å²) in [6, 6.07) is 10.3. The lowest BCUT2D eigenvalue weighted by molar-refractivity contribution is 0.0942. The fourth-order valence-corrected chi connectivity index (χ4v) is 3.39. The smallest absolute Gasteiger partial charge is 0.268 e. The second-order valence-electron chi connectivity index (χ2n) is 6.87. The maximum atomic E-state index is 13.0. The molecular formula is C20H22FN5O. The molecule has 4 rings (SSSR count). The Labute approximate surface area is 157 Å². The highest BCUT2D eigenvalue weighted by atomic mass is 19.1. The Morgan fingerprint density at radius 1 is 1.22 bits per heavy atom. The summed E-state index contributed by atoms with van der Waals surface area (Å²) < 4.78 is 17.0. The molecule has 0 saturated heterocycles. The molecule has 0 saturated carbocycles. The Bertz CT molecular complexity index is 944. The Morgan fingerprint density at radius 2 is 2.04 bits per heavy atom. The van der Waals surface area contributed by atoms with Crippen molar-refractivity contribution in [2.24, 2.45) is 7.05 Å². The summed E-state index contributed by atoms with van der Waals surface area (Å²) in [5.41, 5.74) is 2.58. The van der Waals surface area contributed by atoms with Crippen LogP contribution in [0.1, 0.15) is 27.6 Å². The lowest BCUT2D eigenvalue weighted by Crippen LogP contribution is -2.33. The zero-order valence-corrected chi connectivity index (χ0v) is 15.2. The van der Waals surface area contributed by atoms with Gasteiger partial charge in [0.2, 0.25) is 0 Å². The minimum absolute atomic E-state index is 0.105. The van der Waals surface area contributed by atoms with Crippen molar-refractivity contribution in [3.63, 3.8) is 0 Å². The predicted molar refractivity (Wildman–Crippen MR) is 99.3 cm³/mol. The minimum Gasteiger partial charge on any atom is -0.347 e. The molecular weight excluding hydrogens is 345 g/mol. The highest BCUT2D eigenvalue weighted by Gasteiger charge is 2.19. The molecule has 2 aromatic heterocycles. The Kier molecular flexibility index (Phi) is 4.77. The number of amides is 1. The van der Waals surface area contributed by atoms with Gasteiger partial charge in [0.25, 0.3) is 5.91 Å². The first kappa shape index (κ1) is 17.5. The van der Waals surface area contributed by atoms with Crippen LogP contribution in [0.5, 0.6) is 0 Å². The van der Waals surface area contributed by atoms with Gasteiger partial charge in [0, 0.05) is 39.1 Å². The van der Waals surface area contributed by atoms with Crippen LogP contribution in [0.3, 0.4) is 0 Å². The van der Waals surface area contributed by atoms with E-state index in [0.717, 1.165) is 43.3 Å². The summed E-state index contributed by atoms with van der Waals surface area (Å²) in [4.78, 5) is 19.2. The number of imidazole rings is 1. The number of halogens is 1.